The van der Waals surface area contributed by atoms with E-state index in [1.165, 1.54) is 6.07 Å². The van der Waals surface area contributed by atoms with Crippen LogP contribution >= 0.6 is 0 Å². The number of rotatable bonds is 8. The number of nitrogens with one attached hydrogen (secondary N) is 1. The minimum absolute atomic E-state index is 0.0827. The van der Waals surface area contributed by atoms with E-state index in [2.05, 4.69) is 16.5 Å². The van der Waals surface area contributed by atoms with Crippen molar-refractivity contribution in [3.05, 3.63) is 47.5 Å². The second-order valence-corrected chi connectivity index (χ2v) is 13.5. The fourth-order valence-corrected chi connectivity index (χ4v) is 5.94. The van der Waals surface area contributed by atoms with Gasteiger partial charge in [0.25, 0.3) is 5.91 Å². The molecule has 0 saturated carbocycles. The Bertz CT molecular complexity index is 1350. The number of fused-ring (bicyclic) bond motifs is 2. The van der Waals surface area contributed by atoms with Crippen molar-refractivity contribution in [2.45, 2.75) is 64.8 Å². The summed E-state index contributed by atoms with van der Waals surface area (Å²) in [5, 5.41) is 10.1. The van der Waals surface area contributed by atoms with Crippen molar-refractivity contribution in [1.29, 1.82) is 0 Å². The van der Waals surface area contributed by atoms with Crippen molar-refractivity contribution in [2.75, 3.05) is 51.1 Å². The molecule has 0 fully saturated rings. The van der Waals surface area contributed by atoms with Crippen LogP contribution in [0.25, 0.3) is 0 Å². The molecule has 0 spiro atoms. The number of hydrogen-bond acceptors (Lipinski definition) is 9. The number of hydrogen-bond donors (Lipinski definition) is 2. The number of carbonyl (C=O) groups is 1. The van der Waals surface area contributed by atoms with Gasteiger partial charge in [-0.15, -0.1) is 0 Å². The second-order valence-electron chi connectivity index (χ2n) is 11.8. The first-order chi connectivity index (χ1) is 20.4. The van der Waals surface area contributed by atoms with Crippen molar-refractivity contribution in [3.8, 4) is 17.2 Å². The van der Waals surface area contributed by atoms with Gasteiger partial charge in [-0.05, 0) is 76.1 Å². The van der Waals surface area contributed by atoms with E-state index >= 15 is 0 Å². The fourth-order valence-electron chi connectivity index (χ4n) is 5.39. The van der Waals surface area contributed by atoms with Crippen LogP contribution in [0.2, 0.25) is 0 Å². The summed E-state index contributed by atoms with van der Waals surface area (Å²) in [5.74, 6) is 1.44. The monoisotopic (exact) mass is 619 g/mol. The normalized spacial score (nSPS) is 22.4. The highest BCUT2D eigenvalue weighted by Gasteiger charge is 2.30. The van der Waals surface area contributed by atoms with Gasteiger partial charge in [0.1, 0.15) is 5.75 Å². The van der Waals surface area contributed by atoms with Gasteiger partial charge in [0.05, 0.1) is 36.7 Å². The van der Waals surface area contributed by atoms with Crippen molar-refractivity contribution < 1.29 is 37.3 Å². The molecule has 0 radical (unpaired) electrons. The molecular formula is C31H45N3O8S. The minimum Gasteiger partial charge on any atom is -0.490 e. The number of ether oxygens (including phenoxy) is 4. The molecule has 0 aromatic heterocycles. The van der Waals surface area contributed by atoms with Gasteiger partial charge in [0.15, 0.2) is 11.5 Å². The number of carbonyl (C=O) groups excluding carboxylic acids is 1. The maximum absolute atomic E-state index is 14.1. The smallest absolute Gasteiger partial charge is 0.258 e. The first kappa shape index (κ1) is 32.8. The van der Waals surface area contributed by atoms with E-state index in [9.17, 15) is 18.3 Å². The number of aliphatic hydroxyl groups is 1. The lowest BCUT2D eigenvalue weighted by molar-refractivity contribution is -0.0177. The molecule has 2 aliphatic rings. The molecule has 2 aromatic carbocycles. The Balaban J connectivity index is 1.59. The lowest BCUT2D eigenvalue weighted by Crippen LogP contribution is -2.47. The van der Waals surface area contributed by atoms with Crippen molar-refractivity contribution in [3.63, 3.8) is 0 Å². The van der Waals surface area contributed by atoms with Crippen LogP contribution in [0.1, 0.15) is 56.0 Å². The standard InChI is InChI=1S/C31H45N3O8S/c1-21-16-34(22(2)19-35)31(36)26-15-25(32-43(5,37)38)10-12-27(26)42-23(3)8-6-7-13-39-30(21)18-33(4)17-24-9-11-28-29(14-24)41-20-40-28/h9-12,14-15,21-23,30,32,35H,6-8,13,16-20H2,1-5H3/t21-,22-,23-,30+/m0/s1. The first-order valence-electron chi connectivity index (χ1n) is 14.8. The van der Waals surface area contributed by atoms with E-state index in [1.54, 1.807) is 24.0 Å². The summed E-state index contributed by atoms with van der Waals surface area (Å²) in [5.41, 5.74) is 1.60. The van der Waals surface area contributed by atoms with Crippen LogP contribution in [0, 0.1) is 5.92 Å². The fraction of sp³-hybridized carbons (Fsp3) is 0.581. The summed E-state index contributed by atoms with van der Waals surface area (Å²) >= 11 is 0. The van der Waals surface area contributed by atoms with Crippen molar-refractivity contribution in [2.24, 2.45) is 5.92 Å². The Hall–Kier alpha value is -3.06. The molecule has 0 saturated heterocycles. The number of amides is 1. The van der Waals surface area contributed by atoms with Gasteiger partial charge in [-0.2, -0.15) is 0 Å². The molecule has 12 heteroatoms. The highest BCUT2D eigenvalue weighted by Crippen LogP contribution is 2.33. The summed E-state index contributed by atoms with van der Waals surface area (Å²) in [4.78, 5) is 17.9. The van der Waals surface area contributed by atoms with Gasteiger partial charge < -0.3 is 29.0 Å². The lowest BCUT2D eigenvalue weighted by atomic mass is 10.0. The van der Waals surface area contributed by atoms with E-state index in [4.69, 9.17) is 18.9 Å². The molecule has 1 amide bonds. The van der Waals surface area contributed by atoms with Crippen LogP contribution in [0.3, 0.4) is 0 Å². The van der Waals surface area contributed by atoms with Gasteiger partial charge in [-0.3, -0.25) is 14.4 Å². The number of likely N-dealkylation sites (N-methyl/N-ethyl adjacent to an activating group) is 1. The Labute approximate surface area is 255 Å². The number of sulfonamides is 1. The van der Waals surface area contributed by atoms with E-state index in [0.717, 1.165) is 42.6 Å². The van der Waals surface area contributed by atoms with Crippen LogP contribution < -0.4 is 18.9 Å². The predicted molar refractivity (Wildman–Crippen MR) is 164 cm³/mol. The van der Waals surface area contributed by atoms with Gasteiger partial charge in [-0.25, -0.2) is 8.42 Å². The quantitative estimate of drug-likeness (QED) is 0.455. The van der Waals surface area contributed by atoms with Gasteiger partial charge in [-0.1, -0.05) is 13.0 Å². The van der Waals surface area contributed by atoms with Gasteiger partial charge in [0, 0.05) is 37.8 Å². The van der Waals surface area contributed by atoms with E-state index in [0.29, 0.717) is 32.0 Å². The molecule has 238 valence electrons. The molecule has 11 nitrogen and oxygen atoms in total. The summed E-state index contributed by atoms with van der Waals surface area (Å²) in [7, 11) is -1.52. The summed E-state index contributed by atoms with van der Waals surface area (Å²) in [6.45, 7) is 8.00. The Morgan fingerprint density at radius 2 is 1.84 bits per heavy atom. The molecule has 2 N–H and O–H groups in total. The molecule has 2 aromatic rings. The molecule has 2 aliphatic heterocycles. The molecule has 2 heterocycles. The average molecular weight is 620 g/mol. The van der Waals surface area contributed by atoms with Crippen LogP contribution in [0.5, 0.6) is 17.2 Å². The first-order valence-corrected chi connectivity index (χ1v) is 16.7. The van der Waals surface area contributed by atoms with Crippen LogP contribution in [0.4, 0.5) is 5.69 Å². The number of anilines is 1. The SMILES string of the molecule is C[C@H]1CCCCO[C@H](CN(C)Cc2ccc3c(c2)OCO3)[C@@H](C)CN([C@@H](C)CO)C(=O)c2cc(NS(C)(=O)=O)ccc2O1. The average Bonchev–Trinajstić information content (AvgIpc) is 3.41. The van der Waals surface area contributed by atoms with Crippen LogP contribution in [-0.4, -0.2) is 93.9 Å². The zero-order valence-corrected chi connectivity index (χ0v) is 26.6. The summed E-state index contributed by atoms with van der Waals surface area (Å²) < 4.78 is 49.9. The third-order valence-electron chi connectivity index (χ3n) is 7.74. The van der Waals surface area contributed by atoms with Gasteiger partial charge >= 0.3 is 0 Å². The number of benzene rings is 2. The Morgan fingerprint density at radius 1 is 1.09 bits per heavy atom. The molecule has 0 aliphatic carbocycles. The highest BCUT2D eigenvalue weighted by atomic mass is 32.2. The minimum atomic E-state index is -3.56. The maximum Gasteiger partial charge on any atom is 0.258 e. The third kappa shape index (κ3) is 9.21. The second kappa shape index (κ2) is 14.6. The maximum atomic E-state index is 14.1. The zero-order chi connectivity index (χ0) is 31.1. The van der Waals surface area contributed by atoms with Crippen LogP contribution in [-0.2, 0) is 21.3 Å². The molecule has 4 atom stereocenters. The lowest BCUT2D eigenvalue weighted by Gasteiger charge is -2.36. The van der Waals surface area contributed by atoms with E-state index < -0.39 is 16.1 Å². The largest absolute Gasteiger partial charge is 0.490 e. The molecule has 43 heavy (non-hydrogen) atoms. The predicted octanol–water partition coefficient (Wildman–Crippen LogP) is 3.71. The highest BCUT2D eigenvalue weighted by molar-refractivity contribution is 7.92. The number of nitrogens with zero attached hydrogens (tertiary/aromatic N) is 2. The van der Waals surface area contributed by atoms with Crippen molar-refractivity contribution in [1.82, 2.24) is 9.80 Å². The molecule has 0 bridgehead atoms. The Morgan fingerprint density at radius 3 is 2.58 bits per heavy atom. The topological polar surface area (TPSA) is 127 Å². The van der Waals surface area contributed by atoms with Crippen LogP contribution in [0.15, 0.2) is 36.4 Å². The number of aliphatic hydroxyl groups excluding tert-OH is 1. The molecule has 4 rings (SSSR count). The van der Waals surface area contributed by atoms with Crippen molar-refractivity contribution >= 4 is 21.6 Å². The zero-order valence-electron chi connectivity index (χ0n) is 25.7. The summed E-state index contributed by atoms with van der Waals surface area (Å²) in [6, 6.07) is 10.2. The van der Waals surface area contributed by atoms with E-state index in [-0.39, 0.29) is 48.7 Å². The third-order valence-corrected chi connectivity index (χ3v) is 8.34. The molecular weight excluding hydrogens is 574 g/mol. The Kier molecular flexibility index (Phi) is 11.2. The molecule has 0 unspecified atom stereocenters. The summed E-state index contributed by atoms with van der Waals surface area (Å²) in [6.07, 6.45) is 3.22. The van der Waals surface area contributed by atoms with Gasteiger partial charge in [0.2, 0.25) is 16.8 Å². The van der Waals surface area contributed by atoms with E-state index in [1.807, 2.05) is 32.2 Å².